The van der Waals surface area contributed by atoms with Crippen molar-refractivity contribution < 1.29 is 9.68 Å². The maximum absolute atomic E-state index is 4.85. The fraction of sp³-hybridized carbons (Fsp3) is 0.429. The molecule has 0 N–H and O–H groups in total. The number of benzene rings is 1. The monoisotopic (exact) mass is 248 g/mol. The van der Waals surface area contributed by atoms with Crippen LogP contribution in [0.3, 0.4) is 0 Å². The molecule has 0 radical (unpaired) electrons. The first-order valence-electron chi connectivity index (χ1n) is 5.94. The first-order valence-corrected chi connectivity index (χ1v) is 5.94. The summed E-state index contributed by atoms with van der Waals surface area (Å²) in [5, 5.41) is 7.71. The maximum atomic E-state index is 4.85. The van der Waals surface area contributed by atoms with E-state index in [2.05, 4.69) is 41.1 Å². The fourth-order valence-electron chi connectivity index (χ4n) is 1.58. The number of hydrogen-bond acceptors (Lipinski definition) is 4. The second-order valence-electron chi connectivity index (χ2n) is 4.17. The van der Waals surface area contributed by atoms with Crippen LogP contribution in [-0.2, 0) is 9.68 Å². The van der Waals surface area contributed by atoms with E-state index in [-0.39, 0.29) is 0 Å². The van der Waals surface area contributed by atoms with E-state index in [0.29, 0.717) is 12.3 Å². The molecule has 0 saturated carbocycles. The minimum Gasteiger partial charge on any atom is -0.399 e. The molecule has 0 aromatic heterocycles. The Morgan fingerprint density at radius 2 is 1.83 bits per heavy atom. The first kappa shape index (κ1) is 14.2. The van der Waals surface area contributed by atoms with E-state index in [1.807, 2.05) is 12.1 Å². The zero-order valence-corrected chi connectivity index (χ0v) is 11.4. The highest BCUT2D eigenvalue weighted by molar-refractivity contribution is 6.06. The lowest BCUT2D eigenvalue weighted by Gasteiger charge is -2.07. The van der Waals surface area contributed by atoms with E-state index in [9.17, 15) is 0 Å². The van der Waals surface area contributed by atoms with Gasteiger partial charge in [0.15, 0.2) is 0 Å². The molecule has 0 aliphatic rings. The molecule has 0 bridgehead atoms. The van der Waals surface area contributed by atoms with Gasteiger partial charge in [0, 0.05) is 12.6 Å². The van der Waals surface area contributed by atoms with Crippen LogP contribution in [0.25, 0.3) is 0 Å². The van der Waals surface area contributed by atoms with E-state index >= 15 is 0 Å². The van der Waals surface area contributed by atoms with Gasteiger partial charge in [0.1, 0.15) is 14.2 Å². The molecule has 4 heteroatoms. The summed E-state index contributed by atoms with van der Waals surface area (Å²) in [5.41, 5.74) is 3.17. The van der Waals surface area contributed by atoms with Gasteiger partial charge in [-0.15, -0.1) is 0 Å². The van der Waals surface area contributed by atoms with Gasteiger partial charge in [-0.25, -0.2) is 0 Å². The van der Waals surface area contributed by atoms with E-state index in [1.54, 1.807) is 6.21 Å². The Morgan fingerprint density at radius 1 is 1.17 bits per heavy atom. The van der Waals surface area contributed by atoms with Crippen molar-refractivity contribution >= 4 is 11.9 Å². The molecule has 98 valence electrons. The molecule has 0 spiro atoms. The lowest BCUT2D eigenvalue weighted by Crippen LogP contribution is -2.03. The predicted octanol–water partition coefficient (Wildman–Crippen LogP) is 3.18. The first-order chi connectivity index (χ1) is 8.69. The summed E-state index contributed by atoms with van der Waals surface area (Å²) < 4.78 is 0. The highest BCUT2D eigenvalue weighted by atomic mass is 16.6. The molecular weight excluding hydrogens is 228 g/mol. The molecular formula is C14H20N2O2. The Bertz CT molecular complexity index is 408. The molecule has 0 amide bonds. The highest BCUT2D eigenvalue weighted by Crippen LogP contribution is 2.15. The topological polar surface area (TPSA) is 43.2 Å². The Kier molecular flexibility index (Phi) is 5.91. The van der Waals surface area contributed by atoms with Gasteiger partial charge in [0.2, 0.25) is 0 Å². The molecule has 0 heterocycles. The molecule has 0 saturated heterocycles. The van der Waals surface area contributed by atoms with Gasteiger partial charge in [-0.1, -0.05) is 48.4 Å². The lowest BCUT2D eigenvalue weighted by atomic mass is 9.99. The van der Waals surface area contributed by atoms with Crippen molar-refractivity contribution in [3.63, 3.8) is 0 Å². The molecule has 0 aliphatic heterocycles. The van der Waals surface area contributed by atoms with Gasteiger partial charge in [-0.2, -0.15) is 0 Å². The maximum Gasteiger partial charge on any atom is 0.106 e. The van der Waals surface area contributed by atoms with E-state index in [4.69, 9.17) is 4.84 Å². The third-order valence-electron chi connectivity index (χ3n) is 2.58. The largest absolute Gasteiger partial charge is 0.399 e. The van der Waals surface area contributed by atoms with Gasteiger partial charge < -0.3 is 9.68 Å². The van der Waals surface area contributed by atoms with Crippen molar-refractivity contribution in [1.82, 2.24) is 0 Å². The van der Waals surface area contributed by atoms with Crippen LogP contribution in [0.4, 0.5) is 0 Å². The van der Waals surface area contributed by atoms with Crippen molar-refractivity contribution in [3.05, 3.63) is 35.4 Å². The summed E-state index contributed by atoms with van der Waals surface area (Å²) in [4.78, 5) is 9.48. The SMILES string of the molecule is CO/N=C(/C/C=N/OC)c1ccc(C(C)C)cc1. The van der Waals surface area contributed by atoms with Crippen molar-refractivity contribution in [1.29, 1.82) is 0 Å². The Labute approximate surface area is 108 Å². The molecule has 18 heavy (non-hydrogen) atoms. The molecule has 1 rings (SSSR count). The van der Waals surface area contributed by atoms with E-state index in [1.165, 1.54) is 19.8 Å². The molecule has 0 fully saturated rings. The summed E-state index contributed by atoms with van der Waals surface area (Å²) >= 11 is 0. The third-order valence-corrected chi connectivity index (χ3v) is 2.58. The van der Waals surface area contributed by atoms with Crippen molar-refractivity contribution in [2.24, 2.45) is 10.3 Å². The number of nitrogens with zero attached hydrogens (tertiary/aromatic N) is 2. The quantitative estimate of drug-likeness (QED) is 0.573. The van der Waals surface area contributed by atoms with Crippen LogP contribution in [0.1, 0.15) is 37.3 Å². The number of rotatable bonds is 6. The molecule has 1 aromatic rings. The van der Waals surface area contributed by atoms with Gasteiger partial charge in [0.25, 0.3) is 0 Å². The molecule has 0 unspecified atom stereocenters. The van der Waals surface area contributed by atoms with Gasteiger partial charge in [-0.05, 0) is 17.0 Å². The zero-order valence-electron chi connectivity index (χ0n) is 11.4. The molecule has 0 aliphatic carbocycles. The van der Waals surface area contributed by atoms with Gasteiger partial charge in [-0.3, -0.25) is 0 Å². The van der Waals surface area contributed by atoms with Crippen molar-refractivity contribution in [2.45, 2.75) is 26.2 Å². The second kappa shape index (κ2) is 7.48. The average molecular weight is 248 g/mol. The summed E-state index contributed by atoms with van der Waals surface area (Å²) in [6.07, 6.45) is 2.23. The van der Waals surface area contributed by atoms with E-state index < -0.39 is 0 Å². The van der Waals surface area contributed by atoms with Crippen LogP contribution >= 0.6 is 0 Å². The summed E-state index contributed by atoms with van der Waals surface area (Å²) in [7, 11) is 3.05. The van der Waals surface area contributed by atoms with Crippen LogP contribution < -0.4 is 0 Å². The Balaban J connectivity index is 2.86. The summed E-state index contributed by atoms with van der Waals surface area (Å²) in [6, 6.07) is 8.32. The summed E-state index contributed by atoms with van der Waals surface area (Å²) in [6.45, 7) is 4.34. The van der Waals surface area contributed by atoms with Crippen LogP contribution in [0, 0.1) is 0 Å². The number of oxime groups is 2. The van der Waals surface area contributed by atoms with Gasteiger partial charge >= 0.3 is 0 Å². The van der Waals surface area contributed by atoms with Crippen LogP contribution in [0.2, 0.25) is 0 Å². The highest BCUT2D eigenvalue weighted by Gasteiger charge is 2.05. The van der Waals surface area contributed by atoms with Crippen LogP contribution in [0.5, 0.6) is 0 Å². The second-order valence-corrected chi connectivity index (χ2v) is 4.17. The van der Waals surface area contributed by atoms with Crippen LogP contribution in [0.15, 0.2) is 34.6 Å². The standard InChI is InChI=1S/C14H20N2O2/c1-11(2)12-5-7-13(8-6-12)14(16-18-4)9-10-15-17-3/h5-8,10-11H,9H2,1-4H3/b15-10+,16-14-. The number of hydrogen-bond donors (Lipinski definition) is 0. The Hall–Kier alpha value is -1.84. The van der Waals surface area contributed by atoms with Crippen molar-refractivity contribution in [2.75, 3.05) is 14.2 Å². The lowest BCUT2D eigenvalue weighted by molar-refractivity contribution is 0.212. The van der Waals surface area contributed by atoms with E-state index in [0.717, 1.165) is 11.3 Å². The van der Waals surface area contributed by atoms with Crippen LogP contribution in [-0.4, -0.2) is 26.1 Å². The Morgan fingerprint density at radius 3 is 2.33 bits per heavy atom. The molecule has 0 atom stereocenters. The fourth-order valence-corrected chi connectivity index (χ4v) is 1.58. The molecule has 4 nitrogen and oxygen atoms in total. The van der Waals surface area contributed by atoms with Gasteiger partial charge in [0.05, 0.1) is 5.71 Å². The summed E-state index contributed by atoms with van der Waals surface area (Å²) in [5.74, 6) is 0.525. The minimum absolute atomic E-state index is 0.525. The normalized spacial score (nSPS) is 12.2. The smallest absolute Gasteiger partial charge is 0.106 e. The zero-order chi connectivity index (χ0) is 13.4. The third kappa shape index (κ3) is 4.20. The average Bonchev–Trinajstić information content (AvgIpc) is 2.38. The predicted molar refractivity (Wildman–Crippen MR) is 74.2 cm³/mol. The minimum atomic E-state index is 0.525. The molecule has 1 aromatic carbocycles. The van der Waals surface area contributed by atoms with Crippen molar-refractivity contribution in [3.8, 4) is 0 Å².